The van der Waals surface area contributed by atoms with Gasteiger partial charge in [-0.2, -0.15) is 47.0 Å². The normalized spacial score (nSPS) is 10.9. The van der Waals surface area contributed by atoms with E-state index in [2.05, 4.69) is 19.7 Å². The van der Waals surface area contributed by atoms with E-state index in [1.807, 2.05) is 47.0 Å². The van der Waals surface area contributed by atoms with Crippen LogP contribution in [0.1, 0.15) is 0 Å². The van der Waals surface area contributed by atoms with Crippen molar-refractivity contribution in [3.63, 3.8) is 0 Å². The summed E-state index contributed by atoms with van der Waals surface area (Å²) < 4.78 is 11.3. The van der Waals surface area contributed by atoms with Gasteiger partial charge in [0.05, 0.1) is 26.4 Å². The van der Waals surface area contributed by atoms with Gasteiger partial charge in [0.15, 0.2) is 0 Å². The van der Waals surface area contributed by atoms with E-state index < -0.39 is 0 Å². The minimum absolute atomic E-state index is 0.547. The number of alkyl halides is 2. The summed E-state index contributed by atoms with van der Waals surface area (Å²) in [4.78, 5) is 0. The first-order valence-corrected chi connectivity index (χ1v) is 14.9. The molecule has 0 saturated heterocycles. The van der Waals surface area contributed by atoms with E-state index in [0.29, 0.717) is 11.8 Å². The molecule has 0 heterocycles. The largest absolute Gasteiger partial charge is 0.380 e. The van der Waals surface area contributed by atoms with Gasteiger partial charge in [-0.25, -0.2) is 0 Å². The Kier molecular flexibility index (Phi) is 23.7. The third-order valence-corrected chi connectivity index (χ3v) is 8.12. The molecule has 0 N–H and O–H groups in total. The van der Waals surface area contributed by atoms with E-state index in [1.165, 1.54) is 5.57 Å². The second kappa shape index (κ2) is 22.8. The van der Waals surface area contributed by atoms with Crippen molar-refractivity contribution in [1.29, 1.82) is 0 Å². The topological polar surface area (TPSA) is 18.5 Å². The summed E-state index contributed by atoms with van der Waals surface area (Å²) in [5.74, 6) is 8.96. The molecule has 0 aliphatic heterocycles. The van der Waals surface area contributed by atoms with Crippen molar-refractivity contribution in [2.45, 2.75) is 0 Å². The average molecular weight is 506 g/mol. The Morgan fingerprint density at radius 2 is 0.821 bits per heavy atom. The molecule has 2 nitrogen and oxygen atoms in total. The Hall–Kier alpha value is 1.12. The number of hydrogen-bond donors (Lipinski definition) is 0. The molecule has 28 heavy (non-hydrogen) atoms. The third kappa shape index (κ3) is 21.8. The maximum absolute atomic E-state index is 5.69. The molecule has 0 aromatic heterocycles. The molecular formula is C20H34Cl2O2S4. The van der Waals surface area contributed by atoms with Crippen LogP contribution in [-0.2, 0) is 9.47 Å². The quantitative estimate of drug-likeness (QED) is 0.0999. The molecule has 8 heteroatoms. The zero-order valence-corrected chi connectivity index (χ0v) is 21.5. The molecule has 0 amide bonds. The molecule has 0 aromatic carbocycles. The van der Waals surface area contributed by atoms with E-state index in [-0.39, 0.29) is 0 Å². The SMILES string of the molecule is C=C(CCl)CSCCOCCSCC(=C)CSCCOCCSCC(=C)CCl. The Bertz CT molecular complexity index is 387. The molecule has 0 spiro atoms. The van der Waals surface area contributed by atoms with Crippen LogP contribution in [0.25, 0.3) is 0 Å². The standard InChI is InChI=1S/C20H34Cl2O2S4/c1-18(12-21)14-25-8-4-23-6-10-27-16-20(3)17-28-11-7-24-5-9-26-15-19(2)13-22/h1-17H2. The minimum atomic E-state index is 0.547. The third-order valence-electron chi connectivity index (χ3n) is 3.09. The number of rotatable bonds is 22. The number of ether oxygens (including phenoxy) is 2. The number of hydrogen-bond acceptors (Lipinski definition) is 6. The van der Waals surface area contributed by atoms with Crippen LogP contribution in [0.2, 0.25) is 0 Å². The second-order valence-corrected chi connectivity index (χ2v) is 10.9. The predicted octanol–water partition coefficient (Wildman–Crippen LogP) is 6.10. The molecule has 0 radical (unpaired) electrons. The van der Waals surface area contributed by atoms with Gasteiger partial charge in [-0.05, 0) is 0 Å². The summed E-state index contributed by atoms with van der Waals surface area (Å²) in [6.45, 7) is 15.1. The van der Waals surface area contributed by atoms with E-state index in [1.54, 1.807) is 0 Å². The lowest BCUT2D eigenvalue weighted by molar-refractivity contribution is 0.167. The summed E-state index contributed by atoms with van der Waals surface area (Å²) in [7, 11) is 0. The summed E-state index contributed by atoms with van der Waals surface area (Å²) in [5.41, 5.74) is 3.43. The highest BCUT2D eigenvalue weighted by atomic mass is 35.5. The van der Waals surface area contributed by atoms with Gasteiger partial charge in [-0.15, -0.1) is 23.2 Å². The monoisotopic (exact) mass is 504 g/mol. The summed E-state index contributed by atoms with van der Waals surface area (Å²) in [6, 6.07) is 0. The lowest BCUT2D eigenvalue weighted by atomic mass is 10.4. The molecule has 0 aliphatic rings. The van der Waals surface area contributed by atoms with Gasteiger partial charge in [-0.3, -0.25) is 0 Å². The molecular weight excluding hydrogens is 471 g/mol. The van der Waals surface area contributed by atoms with Gasteiger partial charge < -0.3 is 9.47 Å². The molecule has 0 rings (SSSR count). The summed E-state index contributed by atoms with van der Waals surface area (Å²) in [6.07, 6.45) is 0. The molecule has 0 fully saturated rings. The molecule has 0 unspecified atom stereocenters. The Labute approximate surface area is 199 Å². The van der Waals surface area contributed by atoms with Crippen molar-refractivity contribution in [2.24, 2.45) is 0 Å². The van der Waals surface area contributed by atoms with Gasteiger partial charge in [0, 0.05) is 57.8 Å². The smallest absolute Gasteiger partial charge is 0.0557 e. The first-order chi connectivity index (χ1) is 13.6. The Morgan fingerprint density at radius 1 is 0.536 bits per heavy atom. The first kappa shape index (κ1) is 29.1. The lowest BCUT2D eigenvalue weighted by Gasteiger charge is -2.08. The maximum atomic E-state index is 5.69. The van der Waals surface area contributed by atoms with E-state index in [0.717, 1.165) is 83.6 Å². The zero-order valence-electron chi connectivity index (χ0n) is 16.7. The molecule has 0 aliphatic carbocycles. The van der Waals surface area contributed by atoms with Crippen molar-refractivity contribution in [3.8, 4) is 0 Å². The summed E-state index contributed by atoms with van der Waals surface area (Å²) >= 11 is 18.8. The van der Waals surface area contributed by atoms with Crippen molar-refractivity contribution < 1.29 is 9.47 Å². The van der Waals surface area contributed by atoms with Crippen molar-refractivity contribution in [1.82, 2.24) is 0 Å². The lowest BCUT2D eigenvalue weighted by Crippen LogP contribution is -2.04. The zero-order chi connectivity index (χ0) is 20.9. The predicted molar refractivity (Wildman–Crippen MR) is 140 cm³/mol. The van der Waals surface area contributed by atoms with Gasteiger partial charge in [-0.1, -0.05) is 36.5 Å². The fraction of sp³-hybridized carbons (Fsp3) is 0.700. The molecule has 164 valence electrons. The minimum Gasteiger partial charge on any atom is -0.380 e. The highest BCUT2D eigenvalue weighted by molar-refractivity contribution is 8.00. The van der Waals surface area contributed by atoms with Crippen LogP contribution in [0.3, 0.4) is 0 Å². The van der Waals surface area contributed by atoms with Crippen LogP contribution < -0.4 is 0 Å². The fourth-order valence-corrected chi connectivity index (χ4v) is 5.29. The van der Waals surface area contributed by atoms with Gasteiger partial charge in [0.1, 0.15) is 0 Å². The van der Waals surface area contributed by atoms with Crippen LogP contribution in [-0.4, -0.2) is 84.2 Å². The van der Waals surface area contributed by atoms with Gasteiger partial charge >= 0.3 is 0 Å². The first-order valence-electron chi connectivity index (χ1n) is 9.18. The number of halogens is 2. The highest BCUT2D eigenvalue weighted by Crippen LogP contribution is 2.13. The van der Waals surface area contributed by atoms with Crippen molar-refractivity contribution in [3.05, 3.63) is 36.5 Å². The maximum Gasteiger partial charge on any atom is 0.0557 e. The van der Waals surface area contributed by atoms with E-state index in [4.69, 9.17) is 32.7 Å². The number of thioether (sulfide) groups is 4. The van der Waals surface area contributed by atoms with Gasteiger partial charge in [0.2, 0.25) is 0 Å². The molecule has 0 aromatic rings. The Morgan fingerprint density at radius 3 is 1.11 bits per heavy atom. The van der Waals surface area contributed by atoms with Crippen molar-refractivity contribution >= 4 is 70.2 Å². The average Bonchev–Trinajstić information content (AvgIpc) is 2.70. The molecule has 0 atom stereocenters. The van der Waals surface area contributed by atoms with Crippen molar-refractivity contribution in [2.75, 3.05) is 84.2 Å². The van der Waals surface area contributed by atoms with Crippen LogP contribution in [0.5, 0.6) is 0 Å². The van der Waals surface area contributed by atoms with Crippen LogP contribution in [0.15, 0.2) is 36.5 Å². The van der Waals surface area contributed by atoms with Crippen LogP contribution in [0, 0.1) is 0 Å². The van der Waals surface area contributed by atoms with E-state index >= 15 is 0 Å². The molecule has 0 bridgehead atoms. The van der Waals surface area contributed by atoms with Crippen LogP contribution >= 0.6 is 70.2 Å². The summed E-state index contributed by atoms with van der Waals surface area (Å²) in [5, 5.41) is 0. The van der Waals surface area contributed by atoms with E-state index in [9.17, 15) is 0 Å². The van der Waals surface area contributed by atoms with Crippen LogP contribution in [0.4, 0.5) is 0 Å². The Balaban J connectivity index is 3.23. The highest BCUT2D eigenvalue weighted by Gasteiger charge is 1.99. The second-order valence-electron chi connectivity index (χ2n) is 5.95. The van der Waals surface area contributed by atoms with Gasteiger partial charge in [0.25, 0.3) is 0 Å². The fourth-order valence-electron chi connectivity index (χ4n) is 1.66. The molecule has 0 saturated carbocycles.